The molecule has 0 saturated heterocycles. The van der Waals surface area contributed by atoms with Gasteiger partial charge in [-0.05, 0) is 90.8 Å². The van der Waals surface area contributed by atoms with Crippen LogP contribution in [-0.2, 0) is 23.8 Å². The molecule has 0 radical (unpaired) electrons. The molecule has 1 N–H and O–H groups in total. The predicted octanol–water partition coefficient (Wildman–Crippen LogP) is 7.28. The van der Waals surface area contributed by atoms with E-state index in [-0.39, 0.29) is 17.4 Å². The number of benzene rings is 3. The lowest BCUT2D eigenvalue weighted by atomic mass is 9.79. The summed E-state index contributed by atoms with van der Waals surface area (Å²) in [6, 6.07) is 15.7. The molecule has 8 heteroatoms. The highest BCUT2D eigenvalue weighted by Gasteiger charge is 2.35. The first-order chi connectivity index (χ1) is 16.2. The van der Waals surface area contributed by atoms with E-state index in [1.165, 1.54) is 18.2 Å². The number of hydrogen-bond acceptors (Lipinski definition) is 3. The highest BCUT2D eigenvalue weighted by Crippen LogP contribution is 2.42. The largest absolute Gasteiger partial charge is 0.482 e. The van der Waals surface area contributed by atoms with Crippen LogP contribution in [0.2, 0.25) is 5.02 Å². The molecule has 0 amide bonds. The Kier molecular flexibility index (Phi) is 7.03. The van der Waals surface area contributed by atoms with Crippen molar-refractivity contribution in [3.8, 4) is 17.2 Å². The van der Waals surface area contributed by atoms with E-state index in [0.717, 1.165) is 36.5 Å². The summed E-state index contributed by atoms with van der Waals surface area (Å²) in [6.45, 7) is -0.439. The quantitative estimate of drug-likeness (QED) is 0.378. The van der Waals surface area contributed by atoms with Gasteiger partial charge in [-0.15, -0.1) is 0 Å². The Hall–Kier alpha value is -3.19. The maximum absolute atomic E-state index is 13.9. The second-order valence-electron chi connectivity index (χ2n) is 8.18. The molecule has 1 atom stereocenters. The van der Waals surface area contributed by atoms with Crippen LogP contribution in [0.25, 0.3) is 0 Å². The van der Waals surface area contributed by atoms with E-state index in [9.17, 15) is 18.0 Å². The molecule has 0 aliphatic heterocycles. The Morgan fingerprint density at radius 3 is 2.53 bits per heavy atom. The Morgan fingerprint density at radius 1 is 1.06 bits per heavy atom. The van der Waals surface area contributed by atoms with Gasteiger partial charge >= 0.3 is 12.1 Å². The van der Waals surface area contributed by atoms with E-state index >= 15 is 0 Å². The molecule has 0 spiro atoms. The van der Waals surface area contributed by atoms with Crippen LogP contribution in [0.15, 0.2) is 60.7 Å². The first-order valence-corrected chi connectivity index (χ1v) is 11.2. The molecule has 1 aliphatic carbocycles. The summed E-state index contributed by atoms with van der Waals surface area (Å²) >= 11 is 5.84. The molecule has 3 aromatic rings. The summed E-state index contributed by atoms with van der Waals surface area (Å²) < 4.78 is 52.5. The van der Waals surface area contributed by atoms with Gasteiger partial charge in [0, 0.05) is 5.02 Å². The minimum Gasteiger partial charge on any atom is -0.482 e. The molecule has 4 nitrogen and oxygen atoms in total. The fourth-order valence-corrected chi connectivity index (χ4v) is 4.45. The second kappa shape index (κ2) is 9.97. The average molecular weight is 491 g/mol. The average Bonchev–Trinajstić information content (AvgIpc) is 2.79. The summed E-state index contributed by atoms with van der Waals surface area (Å²) in [5.74, 6) is -0.552. The number of carbonyl (C=O) groups is 1. The summed E-state index contributed by atoms with van der Waals surface area (Å²) in [5.41, 5.74) is 1.63. The lowest BCUT2D eigenvalue weighted by Gasteiger charge is -2.27. The summed E-state index contributed by atoms with van der Waals surface area (Å²) in [6.07, 6.45) is -1.77. The van der Waals surface area contributed by atoms with Gasteiger partial charge in [0.15, 0.2) is 6.61 Å². The number of rotatable bonds is 7. The molecule has 0 saturated carbocycles. The fourth-order valence-electron chi connectivity index (χ4n) is 4.33. The van der Waals surface area contributed by atoms with E-state index in [1.54, 1.807) is 30.3 Å². The molecule has 3 aromatic carbocycles. The van der Waals surface area contributed by atoms with Crippen LogP contribution < -0.4 is 9.47 Å². The third-order valence-corrected chi connectivity index (χ3v) is 6.06. The number of fused-ring (bicyclic) bond motifs is 1. The maximum Gasteiger partial charge on any atom is 0.419 e. The van der Waals surface area contributed by atoms with Gasteiger partial charge in [0.2, 0.25) is 0 Å². The topological polar surface area (TPSA) is 55.8 Å². The number of halogens is 4. The van der Waals surface area contributed by atoms with Crippen LogP contribution in [-0.4, -0.2) is 17.7 Å². The maximum atomic E-state index is 13.9. The van der Waals surface area contributed by atoms with Crippen LogP contribution in [0.1, 0.15) is 41.0 Å². The zero-order valence-corrected chi connectivity index (χ0v) is 18.8. The van der Waals surface area contributed by atoms with Gasteiger partial charge in [0.25, 0.3) is 0 Å². The Labute approximate surface area is 199 Å². The number of carboxylic acid groups (broad SMARTS) is 1. The summed E-state index contributed by atoms with van der Waals surface area (Å²) in [4.78, 5) is 10.9. The van der Waals surface area contributed by atoms with Crippen LogP contribution in [0, 0.1) is 0 Å². The van der Waals surface area contributed by atoms with Crippen molar-refractivity contribution in [1.29, 1.82) is 0 Å². The van der Waals surface area contributed by atoms with Crippen LogP contribution in [0.3, 0.4) is 0 Å². The van der Waals surface area contributed by atoms with Crippen molar-refractivity contribution in [3.63, 3.8) is 0 Å². The van der Waals surface area contributed by atoms with Crippen molar-refractivity contribution in [3.05, 3.63) is 87.9 Å². The van der Waals surface area contributed by atoms with Gasteiger partial charge in [-0.25, -0.2) is 4.79 Å². The summed E-state index contributed by atoms with van der Waals surface area (Å²) in [7, 11) is 0. The van der Waals surface area contributed by atoms with E-state index in [0.29, 0.717) is 22.8 Å². The van der Waals surface area contributed by atoms with Crippen molar-refractivity contribution in [2.75, 3.05) is 6.61 Å². The zero-order chi connectivity index (χ0) is 24.3. The zero-order valence-electron chi connectivity index (χ0n) is 18.1. The fraction of sp³-hybridized carbons (Fsp3) is 0.269. The summed E-state index contributed by atoms with van der Waals surface area (Å²) in [5, 5.41) is 9.37. The molecular weight excluding hydrogens is 469 g/mol. The SMILES string of the molecule is O=C(O)COc1cccc2c1CCC[C@H]2Cc1ccc(Oc2ccc(Cl)cc2)c(C(F)(F)F)c1. The molecule has 0 unspecified atom stereocenters. The molecule has 1 aliphatic rings. The lowest BCUT2D eigenvalue weighted by molar-refractivity contribution is -0.139. The minimum absolute atomic E-state index is 0.00115. The third-order valence-electron chi connectivity index (χ3n) is 5.81. The third kappa shape index (κ3) is 5.65. The van der Waals surface area contributed by atoms with E-state index in [1.807, 2.05) is 6.07 Å². The highest BCUT2D eigenvalue weighted by atomic mass is 35.5. The smallest absolute Gasteiger partial charge is 0.419 e. The molecular formula is C26H22ClF3O4. The minimum atomic E-state index is -4.58. The number of hydrogen-bond donors (Lipinski definition) is 1. The Balaban J connectivity index is 1.60. The van der Waals surface area contributed by atoms with Crippen molar-refractivity contribution >= 4 is 17.6 Å². The molecule has 34 heavy (non-hydrogen) atoms. The van der Waals surface area contributed by atoms with Crippen molar-refractivity contribution in [2.24, 2.45) is 0 Å². The second-order valence-corrected chi connectivity index (χ2v) is 8.62. The number of carboxylic acids is 1. The number of ether oxygens (including phenoxy) is 2. The standard InChI is InChI=1S/C26H22ClF3O4/c27-18-8-10-19(11-9-18)34-24-12-7-16(14-22(24)26(28,29)30)13-17-3-1-5-21-20(17)4-2-6-23(21)33-15-25(31)32/h2,4,6-12,14,17H,1,3,5,13,15H2,(H,31,32)/t17-/m0/s1. The predicted molar refractivity (Wildman–Crippen MR) is 122 cm³/mol. The van der Waals surface area contributed by atoms with Gasteiger partial charge < -0.3 is 14.6 Å². The van der Waals surface area contributed by atoms with Crippen LogP contribution in [0.5, 0.6) is 17.2 Å². The molecule has 0 bridgehead atoms. The first-order valence-electron chi connectivity index (χ1n) is 10.8. The van der Waals surface area contributed by atoms with Crippen LogP contribution >= 0.6 is 11.6 Å². The number of alkyl halides is 3. The first kappa shape index (κ1) is 24.0. The van der Waals surface area contributed by atoms with Crippen molar-refractivity contribution in [1.82, 2.24) is 0 Å². The molecule has 4 rings (SSSR count). The van der Waals surface area contributed by atoms with Crippen molar-refractivity contribution < 1.29 is 32.5 Å². The van der Waals surface area contributed by atoms with Gasteiger partial charge in [-0.1, -0.05) is 29.8 Å². The monoisotopic (exact) mass is 490 g/mol. The van der Waals surface area contributed by atoms with Crippen molar-refractivity contribution in [2.45, 2.75) is 37.8 Å². The Morgan fingerprint density at radius 2 is 1.82 bits per heavy atom. The highest BCUT2D eigenvalue weighted by molar-refractivity contribution is 6.30. The van der Waals surface area contributed by atoms with E-state index in [2.05, 4.69) is 0 Å². The Bertz CT molecular complexity index is 1180. The molecule has 0 fully saturated rings. The normalized spacial score (nSPS) is 15.5. The number of aliphatic carboxylic acids is 1. The van der Waals surface area contributed by atoms with Gasteiger partial charge in [-0.3, -0.25) is 0 Å². The van der Waals surface area contributed by atoms with Gasteiger partial charge in [0.05, 0.1) is 5.56 Å². The van der Waals surface area contributed by atoms with E-state index in [4.69, 9.17) is 26.2 Å². The van der Waals surface area contributed by atoms with E-state index < -0.39 is 24.3 Å². The molecule has 178 valence electrons. The van der Waals surface area contributed by atoms with Gasteiger partial charge in [-0.2, -0.15) is 13.2 Å². The van der Waals surface area contributed by atoms with Crippen LogP contribution in [0.4, 0.5) is 13.2 Å². The molecule has 0 heterocycles. The molecule has 0 aromatic heterocycles. The lowest BCUT2D eigenvalue weighted by Crippen LogP contribution is -2.16. The van der Waals surface area contributed by atoms with Gasteiger partial charge in [0.1, 0.15) is 17.2 Å².